The molecular weight excluding hydrogens is 380 g/mol. The molecule has 0 saturated heterocycles. The highest BCUT2D eigenvalue weighted by Crippen LogP contribution is 2.27. The lowest BCUT2D eigenvalue weighted by Gasteiger charge is -2.11. The van der Waals surface area contributed by atoms with Crippen molar-refractivity contribution >= 4 is 39.5 Å². The molecule has 0 aliphatic heterocycles. The van der Waals surface area contributed by atoms with Crippen LogP contribution in [0.5, 0.6) is 5.75 Å². The van der Waals surface area contributed by atoms with Gasteiger partial charge in [-0.1, -0.05) is 45.7 Å². The van der Waals surface area contributed by atoms with Gasteiger partial charge in [0.15, 0.2) is 0 Å². The monoisotopic (exact) mass is 390 g/mol. The Labute approximate surface area is 147 Å². The minimum absolute atomic E-state index is 0.169. The fourth-order valence-corrected chi connectivity index (χ4v) is 2.43. The van der Waals surface area contributed by atoms with E-state index in [0.717, 1.165) is 10.0 Å². The molecule has 6 heteroatoms. The number of nitriles is 1. The molecule has 0 radical (unpaired) electrons. The van der Waals surface area contributed by atoms with Crippen molar-refractivity contribution in [1.82, 2.24) is 0 Å². The van der Waals surface area contributed by atoms with Gasteiger partial charge in [0.25, 0.3) is 5.91 Å². The Kier molecular flexibility index (Phi) is 5.80. The summed E-state index contributed by atoms with van der Waals surface area (Å²) in [4.78, 5) is 11.2. The van der Waals surface area contributed by atoms with Gasteiger partial charge in [0.2, 0.25) is 0 Å². The van der Waals surface area contributed by atoms with Gasteiger partial charge < -0.3 is 10.5 Å². The quantitative estimate of drug-likeness (QED) is 0.616. The number of hydrogen-bond donors (Lipinski definition) is 1. The first-order valence-electron chi connectivity index (χ1n) is 6.58. The van der Waals surface area contributed by atoms with E-state index in [1.807, 2.05) is 24.3 Å². The van der Waals surface area contributed by atoms with Crippen LogP contribution in [-0.4, -0.2) is 5.91 Å². The number of carbonyl (C=O) groups is 1. The number of carbonyl (C=O) groups excluding carboxylic acids is 1. The Hall–Kier alpha value is -2.29. The standard InChI is InChI=1S/C17H12BrClN2O2/c18-15-4-2-1-3-11(15)10-23-16-6-5-14(19)8-12(16)7-13(9-20)17(21)22/h1-8H,10H2,(H2,21,22)/b13-7+. The molecule has 0 atom stereocenters. The van der Waals surface area contributed by atoms with Gasteiger partial charge in [-0.2, -0.15) is 5.26 Å². The van der Waals surface area contributed by atoms with Gasteiger partial charge in [0.1, 0.15) is 24.0 Å². The molecule has 2 aromatic carbocycles. The fourth-order valence-electron chi connectivity index (χ4n) is 1.85. The van der Waals surface area contributed by atoms with E-state index < -0.39 is 5.91 Å². The Balaban J connectivity index is 2.31. The molecule has 1 amide bonds. The van der Waals surface area contributed by atoms with E-state index in [0.29, 0.717) is 22.9 Å². The smallest absolute Gasteiger partial charge is 0.259 e. The van der Waals surface area contributed by atoms with Crippen LogP contribution in [0, 0.1) is 11.3 Å². The second-order valence-electron chi connectivity index (χ2n) is 4.60. The van der Waals surface area contributed by atoms with Crippen LogP contribution in [0.1, 0.15) is 11.1 Å². The van der Waals surface area contributed by atoms with Gasteiger partial charge >= 0.3 is 0 Å². The Morgan fingerprint density at radius 3 is 2.74 bits per heavy atom. The molecule has 0 aliphatic carbocycles. The average Bonchev–Trinajstić information content (AvgIpc) is 2.52. The third kappa shape index (κ3) is 4.59. The Bertz CT molecular complexity index is 812. The van der Waals surface area contributed by atoms with E-state index in [1.54, 1.807) is 24.3 Å². The molecule has 0 heterocycles. The zero-order chi connectivity index (χ0) is 16.8. The minimum Gasteiger partial charge on any atom is -0.488 e. The first-order chi connectivity index (χ1) is 11.0. The molecule has 0 aromatic heterocycles. The summed E-state index contributed by atoms with van der Waals surface area (Å²) in [7, 11) is 0. The molecule has 0 unspecified atom stereocenters. The zero-order valence-electron chi connectivity index (χ0n) is 11.9. The predicted molar refractivity (Wildman–Crippen MR) is 92.7 cm³/mol. The van der Waals surface area contributed by atoms with Crippen molar-refractivity contribution in [3.05, 3.63) is 68.7 Å². The van der Waals surface area contributed by atoms with E-state index in [9.17, 15) is 4.79 Å². The first-order valence-corrected chi connectivity index (χ1v) is 7.75. The number of rotatable bonds is 5. The normalized spacial score (nSPS) is 10.9. The van der Waals surface area contributed by atoms with E-state index in [1.165, 1.54) is 6.08 Å². The predicted octanol–water partition coefficient (Wildman–Crippen LogP) is 4.07. The van der Waals surface area contributed by atoms with Crippen molar-refractivity contribution in [3.63, 3.8) is 0 Å². The highest BCUT2D eigenvalue weighted by atomic mass is 79.9. The van der Waals surface area contributed by atoms with Crippen molar-refractivity contribution in [2.75, 3.05) is 0 Å². The number of halogens is 2. The maximum atomic E-state index is 11.2. The number of amides is 1. The van der Waals surface area contributed by atoms with Gasteiger partial charge in [0, 0.05) is 20.6 Å². The molecule has 2 rings (SSSR count). The molecule has 116 valence electrons. The van der Waals surface area contributed by atoms with Crippen LogP contribution < -0.4 is 10.5 Å². The average molecular weight is 392 g/mol. The third-order valence-corrected chi connectivity index (χ3v) is 4.01. The SMILES string of the molecule is N#C/C(=C\c1cc(Cl)ccc1OCc1ccccc1Br)C(N)=O. The fraction of sp³-hybridized carbons (Fsp3) is 0.0588. The molecule has 0 fully saturated rings. The number of nitrogens with zero attached hydrogens (tertiary/aromatic N) is 1. The van der Waals surface area contributed by atoms with Crippen molar-refractivity contribution < 1.29 is 9.53 Å². The summed E-state index contributed by atoms with van der Waals surface area (Å²) < 4.78 is 6.72. The van der Waals surface area contributed by atoms with Crippen LogP contribution in [0.25, 0.3) is 6.08 Å². The van der Waals surface area contributed by atoms with Crippen LogP contribution in [0.3, 0.4) is 0 Å². The summed E-state index contributed by atoms with van der Waals surface area (Å²) in [6.07, 6.45) is 1.36. The van der Waals surface area contributed by atoms with E-state index >= 15 is 0 Å². The second kappa shape index (κ2) is 7.82. The summed E-state index contributed by atoms with van der Waals surface area (Å²) in [5.74, 6) is -0.302. The van der Waals surface area contributed by atoms with Gasteiger partial charge in [-0.05, 0) is 30.3 Å². The summed E-state index contributed by atoms with van der Waals surface area (Å²) >= 11 is 9.43. The third-order valence-electron chi connectivity index (χ3n) is 3.00. The van der Waals surface area contributed by atoms with Gasteiger partial charge in [-0.3, -0.25) is 4.79 Å². The van der Waals surface area contributed by atoms with Crippen LogP contribution in [-0.2, 0) is 11.4 Å². The van der Waals surface area contributed by atoms with Crippen LogP contribution in [0.2, 0.25) is 5.02 Å². The van der Waals surface area contributed by atoms with E-state index in [2.05, 4.69) is 15.9 Å². The van der Waals surface area contributed by atoms with Crippen molar-refractivity contribution in [3.8, 4) is 11.8 Å². The molecule has 0 spiro atoms. The maximum Gasteiger partial charge on any atom is 0.259 e. The summed E-state index contributed by atoms with van der Waals surface area (Å²) in [6, 6.07) is 14.4. The summed E-state index contributed by atoms with van der Waals surface area (Å²) in [5, 5.41) is 9.43. The molecule has 0 saturated carbocycles. The maximum absolute atomic E-state index is 11.2. The number of ether oxygens (including phenoxy) is 1. The molecule has 0 aliphatic rings. The number of hydrogen-bond acceptors (Lipinski definition) is 3. The number of benzene rings is 2. The Morgan fingerprint density at radius 2 is 2.09 bits per heavy atom. The van der Waals surface area contributed by atoms with E-state index in [4.69, 9.17) is 27.3 Å². The number of primary amides is 1. The lowest BCUT2D eigenvalue weighted by Crippen LogP contribution is -2.12. The molecule has 23 heavy (non-hydrogen) atoms. The first kappa shape index (κ1) is 17.1. The summed E-state index contributed by atoms with van der Waals surface area (Å²) in [5.41, 5.74) is 6.47. The lowest BCUT2D eigenvalue weighted by molar-refractivity contribution is -0.114. The lowest BCUT2D eigenvalue weighted by atomic mass is 10.1. The highest BCUT2D eigenvalue weighted by Gasteiger charge is 2.09. The molecule has 2 aromatic rings. The van der Waals surface area contributed by atoms with Crippen molar-refractivity contribution in [1.29, 1.82) is 5.26 Å². The van der Waals surface area contributed by atoms with Gasteiger partial charge in [-0.25, -0.2) is 0 Å². The largest absolute Gasteiger partial charge is 0.488 e. The highest BCUT2D eigenvalue weighted by molar-refractivity contribution is 9.10. The molecule has 0 bridgehead atoms. The van der Waals surface area contributed by atoms with Crippen molar-refractivity contribution in [2.45, 2.75) is 6.61 Å². The number of nitrogens with two attached hydrogens (primary N) is 1. The van der Waals surface area contributed by atoms with Crippen LogP contribution in [0.4, 0.5) is 0 Å². The topological polar surface area (TPSA) is 76.1 Å². The second-order valence-corrected chi connectivity index (χ2v) is 5.89. The zero-order valence-corrected chi connectivity index (χ0v) is 14.3. The van der Waals surface area contributed by atoms with E-state index in [-0.39, 0.29) is 5.57 Å². The molecule has 2 N–H and O–H groups in total. The van der Waals surface area contributed by atoms with Crippen LogP contribution in [0.15, 0.2) is 52.5 Å². The molecular formula is C17H12BrClN2O2. The van der Waals surface area contributed by atoms with Crippen LogP contribution >= 0.6 is 27.5 Å². The summed E-state index contributed by atoms with van der Waals surface area (Å²) in [6.45, 7) is 0.322. The van der Waals surface area contributed by atoms with Gasteiger partial charge in [0.05, 0.1) is 0 Å². The molecule has 4 nitrogen and oxygen atoms in total. The minimum atomic E-state index is -0.802. The van der Waals surface area contributed by atoms with Gasteiger partial charge in [-0.15, -0.1) is 0 Å². The van der Waals surface area contributed by atoms with Crippen molar-refractivity contribution in [2.24, 2.45) is 5.73 Å². The Morgan fingerprint density at radius 1 is 1.35 bits per heavy atom.